The smallest absolute Gasteiger partial charge is 0.230 e. The molecule has 3 fully saturated rings. The molecule has 2 aliphatic carbocycles. The summed E-state index contributed by atoms with van der Waals surface area (Å²) in [7, 11) is 0. The van der Waals surface area contributed by atoms with Gasteiger partial charge in [-0.15, -0.1) is 0 Å². The normalized spacial score (nSPS) is 37.5. The molecule has 0 aromatic rings. The number of hydrogen-bond acceptors (Lipinski definition) is 2. The van der Waals surface area contributed by atoms with Crippen molar-refractivity contribution in [3.8, 4) is 0 Å². The van der Waals surface area contributed by atoms with Crippen LogP contribution in [-0.2, 0) is 9.59 Å². The first-order chi connectivity index (χ1) is 9.92. The minimum absolute atomic E-state index is 0.0334. The Morgan fingerprint density at radius 3 is 2.38 bits per heavy atom. The van der Waals surface area contributed by atoms with E-state index in [-0.39, 0.29) is 23.1 Å². The van der Waals surface area contributed by atoms with E-state index < -0.39 is 0 Å². The molecule has 2 unspecified atom stereocenters. The average molecular weight is 291 g/mol. The lowest BCUT2D eigenvalue weighted by Gasteiger charge is -2.45. The topological polar surface area (TPSA) is 46.2 Å². The molecule has 1 aliphatic heterocycles. The summed E-state index contributed by atoms with van der Waals surface area (Å²) in [4.78, 5) is 24.7. The Kier molecular flexibility index (Phi) is 3.87. The molecule has 3 heteroatoms. The molecule has 118 valence electrons. The van der Waals surface area contributed by atoms with Gasteiger partial charge < -0.3 is 0 Å². The quantitative estimate of drug-likeness (QED) is 0.747. The van der Waals surface area contributed by atoms with Crippen LogP contribution in [-0.4, -0.2) is 11.8 Å². The number of carbonyl (C=O) groups is 2. The Labute approximate surface area is 128 Å². The second kappa shape index (κ2) is 5.40. The lowest BCUT2D eigenvalue weighted by Crippen LogP contribution is -2.54. The molecule has 1 heterocycles. The number of nitrogens with one attached hydrogen (secondary N) is 1. The summed E-state index contributed by atoms with van der Waals surface area (Å²) in [5, 5.41) is 2.64. The van der Waals surface area contributed by atoms with Gasteiger partial charge in [-0.2, -0.15) is 0 Å². The Morgan fingerprint density at radius 2 is 1.67 bits per heavy atom. The first-order valence-electron chi connectivity index (χ1n) is 8.76. The Bertz CT molecular complexity index is 436. The molecule has 0 bridgehead atoms. The van der Waals surface area contributed by atoms with Crippen molar-refractivity contribution >= 4 is 11.8 Å². The number of amides is 2. The van der Waals surface area contributed by atoms with E-state index in [0.29, 0.717) is 17.8 Å². The lowest BCUT2D eigenvalue weighted by molar-refractivity contribution is -0.147. The molecular weight excluding hydrogens is 262 g/mol. The van der Waals surface area contributed by atoms with Gasteiger partial charge in [-0.05, 0) is 55.3 Å². The third-order valence-corrected chi connectivity index (χ3v) is 6.42. The monoisotopic (exact) mass is 291 g/mol. The van der Waals surface area contributed by atoms with Crippen molar-refractivity contribution in [1.29, 1.82) is 0 Å². The fraction of sp³-hybridized carbons (Fsp3) is 0.889. The van der Waals surface area contributed by atoms with E-state index in [1.54, 1.807) is 0 Å². The minimum Gasteiger partial charge on any atom is -0.296 e. The van der Waals surface area contributed by atoms with Gasteiger partial charge in [0.05, 0.1) is 0 Å². The molecule has 21 heavy (non-hydrogen) atoms. The highest BCUT2D eigenvalue weighted by Crippen LogP contribution is 2.54. The van der Waals surface area contributed by atoms with Crippen LogP contribution in [0, 0.1) is 22.7 Å². The maximum Gasteiger partial charge on any atom is 0.230 e. The fourth-order valence-corrected chi connectivity index (χ4v) is 5.22. The predicted octanol–water partition coefficient (Wildman–Crippen LogP) is 3.82. The van der Waals surface area contributed by atoms with Crippen LogP contribution in [0.5, 0.6) is 0 Å². The van der Waals surface area contributed by atoms with Crippen LogP contribution in [0.2, 0.25) is 0 Å². The van der Waals surface area contributed by atoms with Gasteiger partial charge in [0.15, 0.2) is 0 Å². The van der Waals surface area contributed by atoms with Gasteiger partial charge >= 0.3 is 0 Å². The van der Waals surface area contributed by atoms with Crippen LogP contribution in [0.4, 0.5) is 0 Å². The van der Waals surface area contributed by atoms with E-state index in [1.165, 1.54) is 32.1 Å². The van der Waals surface area contributed by atoms with E-state index in [1.807, 2.05) is 0 Å². The second-order valence-corrected chi connectivity index (χ2v) is 8.49. The molecule has 0 aromatic heterocycles. The summed E-state index contributed by atoms with van der Waals surface area (Å²) < 4.78 is 0. The van der Waals surface area contributed by atoms with Gasteiger partial charge in [0.2, 0.25) is 11.8 Å². The molecular formula is C18H29NO2. The number of rotatable bonds is 1. The van der Waals surface area contributed by atoms with Crippen LogP contribution >= 0.6 is 0 Å². The largest absolute Gasteiger partial charge is 0.296 e. The van der Waals surface area contributed by atoms with Crippen LogP contribution < -0.4 is 5.32 Å². The van der Waals surface area contributed by atoms with Crippen LogP contribution in [0.1, 0.15) is 78.1 Å². The molecule has 3 aliphatic rings. The summed E-state index contributed by atoms with van der Waals surface area (Å²) in [6.07, 6.45) is 11.1. The molecule has 2 atom stereocenters. The minimum atomic E-state index is -0.0395. The zero-order chi connectivity index (χ0) is 15.1. The second-order valence-electron chi connectivity index (χ2n) is 8.49. The highest BCUT2D eigenvalue weighted by molar-refractivity contribution is 5.99. The van der Waals surface area contributed by atoms with Crippen molar-refractivity contribution in [3.63, 3.8) is 0 Å². The van der Waals surface area contributed by atoms with Gasteiger partial charge in [-0.3, -0.25) is 14.9 Å². The zero-order valence-corrected chi connectivity index (χ0v) is 13.5. The summed E-state index contributed by atoms with van der Waals surface area (Å²) in [6, 6.07) is 0. The highest BCUT2D eigenvalue weighted by Gasteiger charge is 2.52. The Balaban J connectivity index is 1.90. The fourth-order valence-electron chi connectivity index (χ4n) is 5.22. The van der Waals surface area contributed by atoms with Crippen LogP contribution in [0.3, 0.4) is 0 Å². The first kappa shape index (κ1) is 15.1. The Hall–Kier alpha value is -0.860. The van der Waals surface area contributed by atoms with Gasteiger partial charge in [0.25, 0.3) is 0 Å². The number of imide groups is 1. The molecule has 3 rings (SSSR count). The first-order valence-corrected chi connectivity index (χ1v) is 8.76. The van der Waals surface area contributed by atoms with Crippen molar-refractivity contribution in [1.82, 2.24) is 5.32 Å². The summed E-state index contributed by atoms with van der Waals surface area (Å²) >= 11 is 0. The van der Waals surface area contributed by atoms with Crippen LogP contribution in [0.15, 0.2) is 0 Å². The number of hydrogen-bond donors (Lipinski definition) is 1. The number of carbonyl (C=O) groups excluding carboxylic acids is 2. The summed E-state index contributed by atoms with van der Waals surface area (Å²) in [6.45, 7) is 4.67. The van der Waals surface area contributed by atoms with Gasteiger partial charge in [-0.25, -0.2) is 0 Å². The summed E-state index contributed by atoms with van der Waals surface area (Å²) in [5.74, 6) is 0.609. The third kappa shape index (κ3) is 2.89. The average Bonchev–Trinajstić information content (AvgIpc) is 2.84. The zero-order valence-electron chi connectivity index (χ0n) is 13.5. The van der Waals surface area contributed by atoms with Gasteiger partial charge in [-0.1, -0.05) is 33.1 Å². The van der Waals surface area contributed by atoms with E-state index in [2.05, 4.69) is 19.2 Å². The van der Waals surface area contributed by atoms with Gasteiger partial charge in [0, 0.05) is 12.3 Å². The predicted molar refractivity (Wildman–Crippen MR) is 82.5 cm³/mol. The molecule has 1 N–H and O–H groups in total. The SMILES string of the molecule is CC1(C)CCCC2(CC1)CC(=O)NC(=O)C2C1CCCC1. The summed E-state index contributed by atoms with van der Waals surface area (Å²) in [5.41, 5.74) is 0.322. The van der Waals surface area contributed by atoms with Gasteiger partial charge in [0.1, 0.15) is 0 Å². The molecule has 0 radical (unpaired) electrons. The van der Waals surface area contributed by atoms with Crippen molar-refractivity contribution in [2.24, 2.45) is 22.7 Å². The van der Waals surface area contributed by atoms with E-state index in [0.717, 1.165) is 25.7 Å². The highest BCUT2D eigenvalue weighted by atomic mass is 16.2. The molecule has 1 saturated heterocycles. The molecule has 0 aromatic carbocycles. The molecule has 2 amide bonds. The maximum atomic E-state index is 12.6. The Morgan fingerprint density at radius 1 is 0.952 bits per heavy atom. The molecule has 3 nitrogen and oxygen atoms in total. The third-order valence-electron chi connectivity index (χ3n) is 6.42. The van der Waals surface area contributed by atoms with Crippen molar-refractivity contribution in [2.45, 2.75) is 78.1 Å². The number of piperidine rings is 1. The van der Waals surface area contributed by atoms with E-state index >= 15 is 0 Å². The van der Waals surface area contributed by atoms with E-state index in [4.69, 9.17) is 0 Å². The standard InChI is InChI=1S/C18H29NO2/c1-17(2)8-5-9-18(11-10-17)12-14(20)19-16(21)15(18)13-6-3-4-7-13/h13,15H,3-12H2,1-2H3,(H,19,20,21). The van der Waals surface area contributed by atoms with Crippen molar-refractivity contribution in [2.75, 3.05) is 0 Å². The molecule has 2 saturated carbocycles. The van der Waals surface area contributed by atoms with Crippen LogP contribution in [0.25, 0.3) is 0 Å². The van der Waals surface area contributed by atoms with Crippen molar-refractivity contribution in [3.05, 3.63) is 0 Å². The maximum absolute atomic E-state index is 12.6. The van der Waals surface area contributed by atoms with Crippen molar-refractivity contribution < 1.29 is 9.59 Å². The van der Waals surface area contributed by atoms with E-state index in [9.17, 15) is 9.59 Å². The molecule has 1 spiro atoms. The lowest BCUT2D eigenvalue weighted by atomic mass is 9.60.